The summed E-state index contributed by atoms with van der Waals surface area (Å²) in [5.41, 5.74) is 3.74. The van der Waals surface area contributed by atoms with Gasteiger partial charge in [0, 0.05) is 10.6 Å². The van der Waals surface area contributed by atoms with Crippen LogP contribution in [0.3, 0.4) is 0 Å². The number of hydrogen-bond acceptors (Lipinski definition) is 9. The number of carbonyl (C=O) groups is 3. The van der Waals surface area contributed by atoms with E-state index in [1.54, 1.807) is 38.1 Å². The molecule has 1 aliphatic carbocycles. The Kier molecular flexibility index (Phi) is 9.62. The highest BCUT2D eigenvalue weighted by Crippen LogP contribution is 2.43. The Morgan fingerprint density at radius 1 is 1.07 bits per heavy atom. The average Bonchev–Trinajstić information content (AvgIpc) is 3.59. The Bertz CT molecular complexity index is 1610. The number of ether oxygens (including phenoxy) is 2. The van der Waals surface area contributed by atoms with Crippen LogP contribution in [0.5, 0.6) is 0 Å². The van der Waals surface area contributed by atoms with Gasteiger partial charge in [-0.25, -0.2) is 9.59 Å². The number of nitrogens with one attached hydrogen (secondary N) is 1. The summed E-state index contributed by atoms with van der Waals surface area (Å²) in [6, 6.07) is 17.2. The second kappa shape index (κ2) is 13.6. The van der Waals surface area contributed by atoms with Crippen molar-refractivity contribution in [3.8, 4) is 5.69 Å². The first-order valence-corrected chi connectivity index (χ1v) is 16.3. The number of benzene rings is 2. The number of thioether (sulfide) groups is 1. The Morgan fingerprint density at radius 2 is 1.81 bits per heavy atom. The molecule has 0 saturated heterocycles. The van der Waals surface area contributed by atoms with Gasteiger partial charge in [-0.15, -0.1) is 21.5 Å². The first-order valence-electron chi connectivity index (χ1n) is 14.3. The second-order valence-electron chi connectivity index (χ2n) is 10.2. The van der Waals surface area contributed by atoms with Crippen molar-refractivity contribution >= 4 is 45.9 Å². The van der Waals surface area contributed by atoms with Crippen LogP contribution in [0.4, 0.5) is 5.00 Å². The summed E-state index contributed by atoms with van der Waals surface area (Å²) < 4.78 is 12.9. The molecule has 2 atom stereocenters. The summed E-state index contributed by atoms with van der Waals surface area (Å²) in [5.74, 6) is -0.480. The molecular weight excluding hydrogens is 585 g/mol. The van der Waals surface area contributed by atoms with Gasteiger partial charge in [0.2, 0.25) is 0 Å². The number of carbonyl (C=O) groups excluding carboxylic acids is 3. The van der Waals surface area contributed by atoms with Gasteiger partial charge in [-0.1, -0.05) is 49.0 Å². The Hall–Kier alpha value is -3.96. The summed E-state index contributed by atoms with van der Waals surface area (Å²) in [5, 5.41) is 12.3. The number of thiophene rings is 1. The molecule has 0 spiro atoms. The zero-order chi connectivity index (χ0) is 30.5. The van der Waals surface area contributed by atoms with E-state index in [4.69, 9.17) is 9.47 Å². The van der Waals surface area contributed by atoms with Gasteiger partial charge in [0.15, 0.2) is 11.3 Å². The van der Waals surface area contributed by atoms with E-state index in [0.29, 0.717) is 28.5 Å². The molecule has 1 aliphatic rings. The van der Waals surface area contributed by atoms with E-state index in [9.17, 15) is 14.4 Å². The van der Waals surface area contributed by atoms with Crippen LogP contribution in [0.25, 0.3) is 5.69 Å². The first-order chi connectivity index (χ1) is 20.8. The number of fused-ring (bicyclic) bond motifs is 1. The Balaban J connectivity index is 1.32. The van der Waals surface area contributed by atoms with E-state index >= 15 is 0 Å². The molecule has 4 aromatic rings. The van der Waals surface area contributed by atoms with Crippen LogP contribution in [0.15, 0.2) is 59.8 Å². The molecule has 1 amide bonds. The van der Waals surface area contributed by atoms with E-state index in [-0.39, 0.29) is 13.0 Å². The molecule has 1 N–H and O–H groups in total. The standard InChI is InChI=1S/C32H34N4O5S2/c1-5-25(41-30(38)21-12-15-23(16-13-21)36-19(3)34-35-32(36)42-4)28(37)33-29-27(31(39)40-6-2)24-17-14-22(18-26(24)43-29)20-10-8-7-9-11-20/h7-13,15-16,22,25H,5-6,14,17-18H2,1-4H3,(H,33,37). The van der Waals surface area contributed by atoms with Crippen LogP contribution in [-0.4, -0.2) is 51.6 Å². The van der Waals surface area contributed by atoms with Gasteiger partial charge >= 0.3 is 11.9 Å². The highest BCUT2D eigenvalue weighted by atomic mass is 32.2. The van der Waals surface area contributed by atoms with Gasteiger partial charge < -0.3 is 14.8 Å². The predicted octanol–water partition coefficient (Wildman–Crippen LogP) is 6.38. The molecule has 2 heterocycles. The number of anilines is 1. The topological polar surface area (TPSA) is 112 Å². The van der Waals surface area contributed by atoms with Crippen molar-refractivity contribution in [2.75, 3.05) is 18.2 Å². The van der Waals surface area contributed by atoms with Crippen molar-refractivity contribution in [2.45, 2.75) is 63.6 Å². The number of aromatic nitrogens is 3. The van der Waals surface area contributed by atoms with Crippen molar-refractivity contribution in [2.24, 2.45) is 0 Å². The Labute approximate surface area is 259 Å². The van der Waals surface area contributed by atoms with Gasteiger partial charge in [-0.05, 0) is 87.1 Å². The third-order valence-electron chi connectivity index (χ3n) is 7.50. The molecule has 2 aromatic heterocycles. The van der Waals surface area contributed by atoms with Gasteiger partial charge in [0.25, 0.3) is 5.91 Å². The molecule has 0 saturated carbocycles. The lowest BCUT2D eigenvalue weighted by atomic mass is 9.83. The molecule has 0 fully saturated rings. The molecular formula is C32H34N4O5S2. The number of rotatable bonds is 10. The predicted molar refractivity (Wildman–Crippen MR) is 167 cm³/mol. The number of esters is 2. The molecule has 2 unspecified atom stereocenters. The summed E-state index contributed by atoms with van der Waals surface area (Å²) in [4.78, 5) is 40.6. The van der Waals surface area contributed by atoms with Gasteiger partial charge in [0.05, 0.1) is 17.7 Å². The zero-order valence-electron chi connectivity index (χ0n) is 24.6. The lowest BCUT2D eigenvalue weighted by Gasteiger charge is -2.23. The van der Waals surface area contributed by atoms with E-state index in [1.165, 1.54) is 28.7 Å². The van der Waals surface area contributed by atoms with Crippen molar-refractivity contribution in [3.05, 3.63) is 87.6 Å². The molecule has 11 heteroatoms. The summed E-state index contributed by atoms with van der Waals surface area (Å²) in [6.07, 6.45) is 3.54. The van der Waals surface area contributed by atoms with E-state index < -0.39 is 23.9 Å². The molecule has 43 heavy (non-hydrogen) atoms. The van der Waals surface area contributed by atoms with Crippen molar-refractivity contribution < 1.29 is 23.9 Å². The first kappa shape index (κ1) is 30.5. The van der Waals surface area contributed by atoms with Crippen LogP contribution < -0.4 is 5.32 Å². The fourth-order valence-corrected chi connectivity index (χ4v) is 7.19. The maximum absolute atomic E-state index is 13.4. The normalized spacial score (nSPS) is 14.9. The van der Waals surface area contributed by atoms with Crippen LogP contribution in [-0.2, 0) is 27.1 Å². The maximum Gasteiger partial charge on any atom is 0.341 e. The largest absolute Gasteiger partial charge is 0.462 e. The fraction of sp³-hybridized carbons (Fsp3) is 0.344. The fourth-order valence-electron chi connectivity index (χ4n) is 5.33. The third-order valence-corrected chi connectivity index (χ3v) is 9.30. The lowest BCUT2D eigenvalue weighted by molar-refractivity contribution is -0.124. The van der Waals surface area contributed by atoms with E-state index in [1.807, 2.05) is 35.9 Å². The molecule has 224 valence electrons. The van der Waals surface area contributed by atoms with Crippen molar-refractivity contribution in [1.29, 1.82) is 0 Å². The minimum atomic E-state index is -1.04. The van der Waals surface area contributed by atoms with Crippen molar-refractivity contribution in [3.63, 3.8) is 0 Å². The average molecular weight is 619 g/mol. The molecule has 0 radical (unpaired) electrons. The smallest absolute Gasteiger partial charge is 0.341 e. The SMILES string of the molecule is CCOC(=O)c1c(NC(=O)C(CC)OC(=O)c2ccc(-n3c(C)nnc3SC)cc2)sc2c1CCC(c1ccccc1)C2. The number of amides is 1. The molecule has 5 rings (SSSR count). The van der Waals surface area contributed by atoms with Gasteiger partial charge in [-0.3, -0.25) is 9.36 Å². The minimum absolute atomic E-state index is 0.229. The van der Waals surface area contributed by atoms with Crippen molar-refractivity contribution in [1.82, 2.24) is 14.8 Å². The van der Waals surface area contributed by atoms with Crippen LogP contribution in [0.2, 0.25) is 0 Å². The quantitative estimate of drug-likeness (QED) is 0.161. The Morgan fingerprint density at radius 3 is 2.49 bits per heavy atom. The van der Waals surface area contributed by atoms with Crippen LogP contribution in [0.1, 0.15) is 75.2 Å². The monoisotopic (exact) mass is 618 g/mol. The summed E-state index contributed by atoms with van der Waals surface area (Å²) in [6.45, 7) is 5.62. The van der Waals surface area contributed by atoms with Crippen LogP contribution in [0, 0.1) is 6.92 Å². The second-order valence-corrected chi connectivity index (χ2v) is 12.1. The number of hydrogen-bond donors (Lipinski definition) is 1. The molecule has 2 aromatic carbocycles. The third kappa shape index (κ3) is 6.52. The molecule has 0 bridgehead atoms. The summed E-state index contributed by atoms with van der Waals surface area (Å²) in [7, 11) is 0. The molecule has 0 aliphatic heterocycles. The molecule has 9 nitrogen and oxygen atoms in total. The zero-order valence-corrected chi connectivity index (χ0v) is 26.2. The van der Waals surface area contributed by atoms with E-state index in [0.717, 1.165) is 40.0 Å². The van der Waals surface area contributed by atoms with Gasteiger partial charge in [0.1, 0.15) is 10.8 Å². The van der Waals surface area contributed by atoms with Crippen LogP contribution >= 0.6 is 23.1 Å². The summed E-state index contributed by atoms with van der Waals surface area (Å²) >= 11 is 2.88. The number of aryl methyl sites for hydroxylation is 1. The van der Waals surface area contributed by atoms with Gasteiger partial charge in [-0.2, -0.15) is 0 Å². The lowest BCUT2D eigenvalue weighted by Crippen LogP contribution is -2.32. The maximum atomic E-state index is 13.4. The highest BCUT2D eigenvalue weighted by Gasteiger charge is 2.32. The number of nitrogens with zero attached hydrogens (tertiary/aromatic N) is 3. The van der Waals surface area contributed by atoms with E-state index in [2.05, 4.69) is 27.6 Å². The highest BCUT2D eigenvalue weighted by molar-refractivity contribution is 7.98. The minimum Gasteiger partial charge on any atom is -0.462 e.